The number of anilines is 1. The molecule has 17 heavy (non-hydrogen) atoms. The first-order chi connectivity index (χ1) is 8.16. The highest BCUT2D eigenvalue weighted by atomic mass is 16.5. The lowest BCUT2D eigenvalue weighted by Gasteiger charge is -2.24. The van der Waals surface area contributed by atoms with Crippen LogP contribution in [0.5, 0.6) is 5.75 Å². The lowest BCUT2D eigenvalue weighted by Crippen LogP contribution is -2.26. The summed E-state index contributed by atoms with van der Waals surface area (Å²) in [7, 11) is 0. The lowest BCUT2D eigenvalue weighted by atomic mass is 10.2. The Bertz CT molecular complexity index is 405. The number of carboxylic acid groups (broad SMARTS) is 1. The summed E-state index contributed by atoms with van der Waals surface area (Å²) in [5, 5.41) is 8.56. The second-order valence-electron chi connectivity index (χ2n) is 4.36. The molecule has 92 valence electrons. The predicted molar refractivity (Wildman–Crippen MR) is 65.6 cm³/mol. The van der Waals surface area contributed by atoms with Crippen molar-refractivity contribution in [2.45, 2.75) is 25.8 Å². The highest BCUT2D eigenvalue weighted by molar-refractivity contribution is 5.68. The maximum atomic E-state index is 10.4. The van der Waals surface area contributed by atoms with Crippen molar-refractivity contribution in [2.24, 2.45) is 0 Å². The van der Waals surface area contributed by atoms with Gasteiger partial charge in [0.15, 0.2) is 6.61 Å². The molecule has 0 radical (unpaired) electrons. The molecule has 0 aromatic heterocycles. The first-order valence-electron chi connectivity index (χ1n) is 5.88. The van der Waals surface area contributed by atoms with Crippen molar-refractivity contribution in [1.29, 1.82) is 0 Å². The van der Waals surface area contributed by atoms with Crippen molar-refractivity contribution in [3.05, 3.63) is 24.3 Å². The van der Waals surface area contributed by atoms with E-state index in [4.69, 9.17) is 9.84 Å². The standard InChI is InChI=1S/C13H17NO3/c1-10-4-3-7-14(10)11-5-2-6-12(8-11)17-9-13(15)16/h2,5-6,8,10H,3-4,7,9H2,1H3,(H,15,16). The van der Waals surface area contributed by atoms with Gasteiger partial charge in [0.05, 0.1) is 0 Å². The minimum absolute atomic E-state index is 0.293. The van der Waals surface area contributed by atoms with Gasteiger partial charge in [-0.15, -0.1) is 0 Å². The second-order valence-corrected chi connectivity index (χ2v) is 4.36. The molecule has 1 aliphatic rings. The van der Waals surface area contributed by atoms with Crippen molar-refractivity contribution in [1.82, 2.24) is 0 Å². The number of rotatable bonds is 4. The van der Waals surface area contributed by atoms with Gasteiger partial charge >= 0.3 is 5.97 Å². The van der Waals surface area contributed by atoms with Crippen LogP contribution in [0.15, 0.2) is 24.3 Å². The molecule has 4 heteroatoms. The summed E-state index contributed by atoms with van der Waals surface area (Å²) < 4.78 is 5.18. The van der Waals surface area contributed by atoms with E-state index in [1.54, 1.807) is 6.07 Å². The largest absolute Gasteiger partial charge is 0.482 e. The van der Waals surface area contributed by atoms with Gasteiger partial charge in [-0.25, -0.2) is 4.79 Å². The van der Waals surface area contributed by atoms with Crippen LogP contribution in [0.25, 0.3) is 0 Å². The number of carboxylic acids is 1. The first kappa shape index (κ1) is 11.8. The third-order valence-corrected chi connectivity index (χ3v) is 3.06. The molecular formula is C13H17NO3. The van der Waals surface area contributed by atoms with Crippen LogP contribution in [-0.2, 0) is 4.79 Å². The molecule has 0 spiro atoms. The van der Waals surface area contributed by atoms with Crippen molar-refractivity contribution >= 4 is 11.7 Å². The number of carbonyl (C=O) groups is 1. The number of benzene rings is 1. The molecule has 1 aliphatic heterocycles. The lowest BCUT2D eigenvalue weighted by molar-refractivity contribution is -0.139. The van der Waals surface area contributed by atoms with E-state index in [-0.39, 0.29) is 6.61 Å². The Morgan fingerprint density at radius 1 is 1.59 bits per heavy atom. The molecule has 4 nitrogen and oxygen atoms in total. The topological polar surface area (TPSA) is 49.8 Å². The van der Waals surface area contributed by atoms with E-state index in [9.17, 15) is 4.79 Å². The average Bonchev–Trinajstić information content (AvgIpc) is 2.73. The van der Waals surface area contributed by atoms with Gasteiger partial charge in [0.1, 0.15) is 5.75 Å². The van der Waals surface area contributed by atoms with Gasteiger partial charge in [-0.2, -0.15) is 0 Å². The first-order valence-corrected chi connectivity index (χ1v) is 5.88. The van der Waals surface area contributed by atoms with Crippen LogP contribution in [-0.4, -0.2) is 30.3 Å². The summed E-state index contributed by atoms with van der Waals surface area (Å²) in [6, 6.07) is 8.18. The molecule has 0 amide bonds. The van der Waals surface area contributed by atoms with Crippen LogP contribution in [0.4, 0.5) is 5.69 Å². The van der Waals surface area contributed by atoms with Gasteiger partial charge in [0.25, 0.3) is 0 Å². The summed E-state index contributed by atoms with van der Waals surface area (Å²) >= 11 is 0. The van der Waals surface area contributed by atoms with Crippen molar-refractivity contribution < 1.29 is 14.6 Å². The van der Waals surface area contributed by atoms with Gasteiger partial charge in [-0.3, -0.25) is 0 Å². The molecular weight excluding hydrogens is 218 g/mol. The van der Waals surface area contributed by atoms with Crippen LogP contribution >= 0.6 is 0 Å². The zero-order chi connectivity index (χ0) is 12.3. The minimum atomic E-state index is -0.954. The fourth-order valence-corrected chi connectivity index (χ4v) is 2.21. The van der Waals surface area contributed by atoms with Gasteiger partial charge in [-0.1, -0.05) is 6.07 Å². The van der Waals surface area contributed by atoms with Crippen molar-refractivity contribution in [3.8, 4) is 5.75 Å². The molecule has 0 bridgehead atoms. The number of aliphatic carboxylic acids is 1. The van der Waals surface area contributed by atoms with Crippen LogP contribution in [0.2, 0.25) is 0 Å². The van der Waals surface area contributed by atoms with Gasteiger partial charge < -0.3 is 14.7 Å². The van der Waals surface area contributed by atoms with E-state index in [0.717, 1.165) is 12.2 Å². The molecule has 2 rings (SSSR count). The van der Waals surface area contributed by atoms with Gasteiger partial charge in [-0.05, 0) is 31.9 Å². The van der Waals surface area contributed by atoms with Crippen LogP contribution < -0.4 is 9.64 Å². The molecule has 0 aliphatic carbocycles. The van der Waals surface area contributed by atoms with E-state index in [1.807, 2.05) is 18.2 Å². The Hall–Kier alpha value is -1.71. The van der Waals surface area contributed by atoms with Crippen molar-refractivity contribution in [3.63, 3.8) is 0 Å². The van der Waals surface area contributed by atoms with Crippen LogP contribution in [0.1, 0.15) is 19.8 Å². The molecule has 0 saturated carbocycles. The average molecular weight is 235 g/mol. The van der Waals surface area contributed by atoms with E-state index in [1.165, 1.54) is 12.8 Å². The maximum Gasteiger partial charge on any atom is 0.341 e. The third kappa shape index (κ3) is 2.90. The van der Waals surface area contributed by atoms with E-state index in [0.29, 0.717) is 11.8 Å². The Morgan fingerprint density at radius 3 is 3.06 bits per heavy atom. The van der Waals surface area contributed by atoms with Crippen molar-refractivity contribution in [2.75, 3.05) is 18.1 Å². The quantitative estimate of drug-likeness (QED) is 0.868. The summed E-state index contributed by atoms with van der Waals surface area (Å²) in [6.07, 6.45) is 2.42. The van der Waals surface area contributed by atoms with E-state index >= 15 is 0 Å². The molecule has 1 N–H and O–H groups in total. The third-order valence-electron chi connectivity index (χ3n) is 3.06. The molecule has 1 saturated heterocycles. The minimum Gasteiger partial charge on any atom is -0.482 e. The normalized spacial score (nSPS) is 19.4. The Morgan fingerprint density at radius 2 is 2.41 bits per heavy atom. The predicted octanol–water partition coefficient (Wildman–Crippen LogP) is 2.14. The number of ether oxygens (including phenoxy) is 1. The Kier molecular flexibility index (Phi) is 3.52. The molecule has 1 aromatic rings. The fourth-order valence-electron chi connectivity index (χ4n) is 2.21. The van der Waals surface area contributed by atoms with E-state index in [2.05, 4.69) is 11.8 Å². The number of nitrogens with zero attached hydrogens (tertiary/aromatic N) is 1. The SMILES string of the molecule is CC1CCCN1c1cccc(OCC(=O)O)c1. The summed E-state index contributed by atoms with van der Waals surface area (Å²) in [5.74, 6) is -0.339. The number of hydrogen-bond donors (Lipinski definition) is 1. The highest BCUT2D eigenvalue weighted by Crippen LogP contribution is 2.28. The Balaban J connectivity index is 2.08. The van der Waals surface area contributed by atoms with Gasteiger partial charge in [0, 0.05) is 24.3 Å². The molecule has 1 fully saturated rings. The van der Waals surface area contributed by atoms with E-state index < -0.39 is 5.97 Å². The molecule has 1 atom stereocenters. The zero-order valence-corrected chi connectivity index (χ0v) is 9.93. The Labute approximate surface area is 101 Å². The zero-order valence-electron chi connectivity index (χ0n) is 9.93. The maximum absolute atomic E-state index is 10.4. The molecule has 1 heterocycles. The molecule has 1 unspecified atom stereocenters. The fraction of sp³-hybridized carbons (Fsp3) is 0.462. The molecule has 1 aromatic carbocycles. The highest BCUT2D eigenvalue weighted by Gasteiger charge is 2.20. The summed E-state index contributed by atoms with van der Waals surface area (Å²) in [5.41, 5.74) is 1.11. The van der Waals surface area contributed by atoms with Crippen LogP contribution in [0, 0.1) is 0 Å². The summed E-state index contributed by atoms with van der Waals surface area (Å²) in [4.78, 5) is 12.8. The smallest absolute Gasteiger partial charge is 0.341 e. The second kappa shape index (κ2) is 5.08. The van der Waals surface area contributed by atoms with Gasteiger partial charge in [0.2, 0.25) is 0 Å². The monoisotopic (exact) mass is 235 g/mol. The number of hydrogen-bond acceptors (Lipinski definition) is 3. The van der Waals surface area contributed by atoms with Crippen LogP contribution in [0.3, 0.4) is 0 Å². The summed E-state index contributed by atoms with van der Waals surface area (Å²) in [6.45, 7) is 2.97.